The number of esters is 1. The average molecular weight is 328 g/mol. The molecule has 2 atom stereocenters. The van der Waals surface area contributed by atoms with Crippen LogP contribution in [0.15, 0.2) is 0 Å². The van der Waals surface area contributed by atoms with Gasteiger partial charge in [-0.3, -0.25) is 4.79 Å². The molecule has 0 aliphatic carbocycles. The number of rotatable bonds is 14. The molecule has 0 aromatic heterocycles. The van der Waals surface area contributed by atoms with Gasteiger partial charge in [0, 0.05) is 6.42 Å². The van der Waals surface area contributed by atoms with Crippen molar-refractivity contribution in [3.05, 3.63) is 0 Å². The van der Waals surface area contributed by atoms with E-state index in [1.807, 2.05) is 13.8 Å². The Labute approximate surface area is 142 Å². The van der Waals surface area contributed by atoms with E-state index in [0.29, 0.717) is 6.42 Å². The fourth-order valence-corrected chi connectivity index (χ4v) is 2.64. The van der Waals surface area contributed by atoms with Gasteiger partial charge in [-0.25, -0.2) is 4.79 Å². The van der Waals surface area contributed by atoms with Gasteiger partial charge in [-0.2, -0.15) is 0 Å². The molecule has 1 amide bonds. The summed E-state index contributed by atoms with van der Waals surface area (Å²) in [5.74, 6) is -0.294. The predicted octanol–water partition coefficient (Wildman–Crippen LogP) is 4.61. The molecule has 0 aliphatic rings. The van der Waals surface area contributed by atoms with Crippen LogP contribution >= 0.6 is 0 Å². The van der Waals surface area contributed by atoms with Gasteiger partial charge in [0.15, 0.2) is 0 Å². The van der Waals surface area contributed by atoms with E-state index in [4.69, 9.17) is 4.74 Å². The molecule has 0 saturated carbocycles. The SMILES string of the molecule is CCCCCCCCCCCC(=O)N[C@H](C(=O)OC)[C@@H](C)CC. The Hall–Kier alpha value is -1.06. The van der Waals surface area contributed by atoms with Gasteiger partial charge in [-0.05, 0) is 12.3 Å². The van der Waals surface area contributed by atoms with Crippen LogP contribution in [0.4, 0.5) is 0 Å². The highest BCUT2D eigenvalue weighted by molar-refractivity contribution is 5.84. The molecule has 0 fully saturated rings. The lowest BCUT2D eigenvalue weighted by Crippen LogP contribution is -2.45. The van der Waals surface area contributed by atoms with Crippen molar-refractivity contribution in [2.24, 2.45) is 5.92 Å². The van der Waals surface area contributed by atoms with Crippen LogP contribution in [-0.2, 0) is 14.3 Å². The lowest BCUT2D eigenvalue weighted by molar-refractivity contribution is -0.146. The Kier molecular flexibility index (Phi) is 13.9. The van der Waals surface area contributed by atoms with Crippen LogP contribution in [0.3, 0.4) is 0 Å². The highest BCUT2D eigenvalue weighted by Crippen LogP contribution is 2.12. The molecule has 23 heavy (non-hydrogen) atoms. The summed E-state index contributed by atoms with van der Waals surface area (Å²) in [6.07, 6.45) is 12.4. The van der Waals surface area contributed by atoms with Gasteiger partial charge < -0.3 is 10.1 Å². The number of methoxy groups -OCH3 is 1. The van der Waals surface area contributed by atoms with Crippen LogP contribution in [0.25, 0.3) is 0 Å². The lowest BCUT2D eigenvalue weighted by Gasteiger charge is -2.21. The summed E-state index contributed by atoms with van der Waals surface area (Å²) in [7, 11) is 1.37. The van der Waals surface area contributed by atoms with E-state index in [1.54, 1.807) is 0 Å². The lowest BCUT2D eigenvalue weighted by atomic mass is 9.99. The molecule has 0 bridgehead atoms. The zero-order valence-corrected chi connectivity index (χ0v) is 15.7. The maximum Gasteiger partial charge on any atom is 0.328 e. The molecule has 0 rings (SSSR count). The fourth-order valence-electron chi connectivity index (χ4n) is 2.64. The number of carbonyl (C=O) groups excluding carboxylic acids is 2. The number of hydrogen-bond donors (Lipinski definition) is 1. The quantitative estimate of drug-likeness (QED) is 0.374. The minimum absolute atomic E-state index is 0.0383. The van der Waals surface area contributed by atoms with Crippen LogP contribution < -0.4 is 5.32 Å². The van der Waals surface area contributed by atoms with E-state index in [9.17, 15) is 9.59 Å². The van der Waals surface area contributed by atoms with Gasteiger partial charge in [-0.15, -0.1) is 0 Å². The van der Waals surface area contributed by atoms with Crippen molar-refractivity contribution in [3.63, 3.8) is 0 Å². The van der Waals surface area contributed by atoms with Crippen molar-refractivity contribution in [3.8, 4) is 0 Å². The standard InChI is InChI=1S/C19H37NO3/c1-5-7-8-9-10-11-12-13-14-15-17(21)20-18(16(3)6-2)19(22)23-4/h16,18H,5-15H2,1-4H3,(H,20,21)/t16-,18-/m0/s1. The first-order valence-electron chi connectivity index (χ1n) is 9.43. The van der Waals surface area contributed by atoms with E-state index in [1.165, 1.54) is 52.1 Å². The molecule has 0 radical (unpaired) electrons. The van der Waals surface area contributed by atoms with Gasteiger partial charge in [0.2, 0.25) is 5.91 Å². The van der Waals surface area contributed by atoms with Crippen molar-refractivity contribution in [1.82, 2.24) is 5.32 Å². The number of amides is 1. The Morgan fingerprint density at radius 1 is 0.913 bits per heavy atom. The van der Waals surface area contributed by atoms with Gasteiger partial charge >= 0.3 is 5.97 Å². The van der Waals surface area contributed by atoms with Crippen LogP contribution in [0.1, 0.15) is 91.4 Å². The summed E-state index contributed by atoms with van der Waals surface area (Å²) >= 11 is 0. The molecular formula is C19H37NO3. The molecular weight excluding hydrogens is 290 g/mol. The second-order valence-electron chi connectivity index (χ2n) is 6.53. The largest absolute Gasteiger partial charge is 0.467 e. The van der Waals surface area contributed by atoms with Crippen molar-refractivity contribution in [2.45, 2.75) is 97.4 Å². The van der Waals surface area contributed by atoms with Gasteiger partial charge in [-0.1, -0.05) is 78.6 Å². The third kappa shape index (κ3) is 11.2. The molecule has 0 aliphatic heterocycles. The summed E-state index contributed by atoms with van der Waals surface area (Å²) in [6, 6.07) is -0.518. The first-order chi connectivity index (χ1) is 11.1. The van der Waals surface area contributed by atoms with Crippen molar-refractivity contribution >= 4 is 11.9 Å². The molecule has 1 N–H and O–H groups in total. The van der Waals surface area contributed by atoms with Crippen LogP contribution in [0.5, 0.6) is 0 Å². The van der Waals surface area contributed by atoms with Crippen LogP contribution in [0.2, 0.25) is 0 Å². The first kappa shape index (κ1) is 21.9. The number of nitrogens with one attached hydrogen (secondary N) is 1. The number of ether oxygens (including phenoxy) is 1. The van der Waals surface area contributed by atoms with E-state index < -0.39 is 6.04 Å². The normalized spacial score (nSPS) is 13.4. The third-order valence-corrected chi connectivity index (χ3v) is 4.49. The van der Waals surface area contributed by atoms with E-state index in [0.717, 1.165) is 19.3 Å². The molecule has 0 spiro atoms. The van der Waals surface area contributed by atoms with Crippen LogP contribution in [0, 0.1) is 5.92 Å². The Morgan fingerprint density at radius 2 is 1.43 bits per heavy atom. The zero-order valence-electron chi connectivity index (χ0n) is 15.7. The Bertz CT molecular complexity index is 318. The second kappa shape index (κ2) is 14.5. The average Bonchev–Trinajstić information content (AvgIpc) is 2.56. The molecule has 4 heteroatoms. The van der Waals surface area contributed by atoms with Crippen molar-refractivity contribution in [1.29, 1.82) is 0 Å². The summed E-state index contributed by atoms with van der Waals surface area (Å²) in [5.41, 5.74) is 0. The molecule has 4 nitrogen and oxygen atoms in total. The molecule has 136 valence electrons. The highest BCUT2D eigenvalue weighted by Gasteiger charge is 2.26. The van der Waals surface area contributed by atoms with Gasteiger partial charge in [0.25, 0.3) is 0 Å². The minimum Gasteiger partial charge on any atom is -0.467 e. The van der Waals surface area contributed by atoms with E-state index in [2.05, 4.69) is 12.2 Å². The van der Waals surface area contributed by atoms with Crippen molar-refractivity contribution in [2.75, 3.05) is 7.11 Å². The van der Waals surface area contributed by atoms with Crippen LogP contribution in [-0.4, -0.2) is 25.0 Å². The first-order valence-corrected chi connectivity index (χ1v) is 9.43. The predicted molar refractivity (Wildman–Crippen MR) is 95.2 cm³/mol. The summed E-state index contributed by atoms with van der Waals surface area (Å²) in [5, 5.41) is 2.83. The minimum atomic E-state index is -0.518. The smallest absolute Gasteiger partial charge is 0.328 e. The summed E-state index contributed by atoms with van der Waals surface area (Å²) in [4.78, 5) is 23.7. The summed E-state index contributed by atoms with van der Waals surface area (Å²) in [6.45, 7) is 6.20. The highest BCUT2D eigenvalue weighted by atomic mass is 16.5. The third-order valence-electron chi connectivity index (χ3n) is 4.49. The Balaban J connectivity index is 3.78. The maximum atomic E-state index is 12.0. The molecule has 0 unspecified atom stereocenters. The molecule has 0 heterocycles. The Morgan fingerprint density at radius 3 is 1.91 bits per heavy atom. The van der Waals surface area contributed by atoms with E-state index >= 15 is 0 Å². The molecule has 0 aromatic rings. The van der Waals surface area contributed by atoms with Gasteiger partial charge in [0.1, 0.15) is 6.04 Å². The number of carbonyl (C=O) groups is 2. The number of hydrogen-bond acceptors (Lipinski definition) is 3. The second-order valence-corrected chi connectivity index (χ2v) is 6.53. The van der Waals surface area contributed by atoms with Crippen molar-refractivity contribution < 1.29 is 14.3 Å². The molecule has 0 aromatic carbocycles. The van der Waals surface area contributed by atoms with E-state index in [-0.39, 0.29) is 17.8 Å². The monoisotopic (exact) mass is 327 g/mol. The van der Waals surface area contributed by atoms with Gasteiger partial charge in [0.05, 0.1) is 7.11 Å². The number of unbranched alkanes of at least 4 members (excludes halogenated alkanes) is 8. The summed E-state index contributed by atoms with van der Waals surface area (Å²) < 4.78 is 4.78. The zero-order chi connectivity index (χ0) is 17.5. The fraction of sp³-hybridized carbons (Fsp3) is 0.895. The maximum absolute atomic E-state index is 12.0. The molecule has 0 saturated heterocycles. The topological polar surface area (TPSA) is 55.4 Å².